The highest BCUT2D eigenvalue weighted by molar-refractivity contribution is 8.14. The van der Waals surface area contributed by atoms with Crippen LogP contribution < -0.4 is 5.32 Å². The Labute approximate surface area is 104 Å². The third-order valence-corrected chi connectivity index (χ3v) is 3.34. The molecule has 5 nitrogen and oxygen atoms in total. The smallest absolute Gasteiger partial charge is 0.262 e. The summed E-state index contributed by atoms with van der Waals surface area (Å²) >= 11 is 1.56. The molecule has 1 N–H and O–H groups in total. The molecule has 17 heavy (non-hydrogen) atoms. The normalized spacial score (nSPS) is 15.2. The molecular weight excluding hydrogens is 238 g/mol. The Kier molecular flexibility index (Phi) is 3.51. The van der Waals surface area contributed by atoms with Crippen LogP contribution in [0.4, 0.5) is 0 Å². The van der Waals surface area contributed by atoms with E-state index in [0.717, 1.165) is 12.3 Å². The largest absolute Gasteiger partial charge is 0.360 e. The summed E-state index contributed by atoms with van der Waals surface area (Å²) in [5.41, 5.74) is 1.16. The minimum absolute atomic E-state index is 0.134. The number of thioether (sulfide) groups is 1. The van der Waals surface area contributed by atoms with E-state index in [2.05, 4.69) is 15.5 Å². The topological polar surface area (TPSA) is 67.5 Å². The number of nitrogens with one attached hydrogen (secondary N) is 1. The fourth-order valence-electron chi connectivity index (χ4n) is 1.63. The molecule has 1 aromatic rings. The zero-order valence-corrected chi connectivity index (χ0v) is 10.9. The van der Waals surface area contributed by atoms with Gasteiger partial charge in [0, 0.05) is 11.7 Å². The number of rotatable bonds is 2. The molecule has 0 atom stereocenters. The number of carbonyl (C=O) groups excluding carboxylic acids is 1. The lowest BCUT2D eigenvalue weighted by atomic mass is 10.0. The van der Waals surface area contributed by atoms with Crippen LogP contribution in [-0.2, 0) is 0 Å². The Morgan fingerprint density at radius 1 is 1.53 bits per heavy atom. The Morgan fingerprint density at radius 3 is 2.88 bits per heavy atom. The standard InChI is InChI=1S/C11H15N3O2S/c1-6(2)9-8(7(3)14-16-9)10(15)13-11-12-4-5-17-11/h6H,4-5H2,1-3H3,(H,12,13,15). The molecule has 0 spiro atoms. The Morgan fingerprint density at radius 2 is 2.29 bits per heavy atom. The van der Waals surface area contributed by atoms with Gasteiger partial charge in [0.1, 0.15) is 5.56 Å². The van der Waals surface area contributed by atoms with Crippen molar-refractivity contribution in [1.29, 1.82) is 0 Å². The maximum atomic E-state index is 12.1. The lowest BCUT2D eigenvalue weighted by Crippen LogP contribution is -2.28. The first kappa shape index (κ1) is 12.2. The van der Waals surface area contributed by atoms with Gasteiger partial charge in [0.05, 0.1) is 12.2 Å². The third-order valence-electron chi connectivity index (χ3n) is 2.45. The van der Waals surface area contributed by atoms with E-state index in [1.807, 2.05) is 13.8 Å². The van der Waals surface area contributed by atoms with Crippen molar-refractivity contribution in [2.45, 2.75) is 26.7 Å². The fraction of sp³-hybridized carbons (Fsp3) is 0.545. The van der Waals surface area contributed by atoms with Gasteiger partial charge in [-0.25, -0.2) is 0 Å². The van der Waals surface area contributed by atoms with Crippen LogP contribution in [-0.4, -0.2) is 28.5 Å². The molecule has 0 radical (unpaired) electrons. The molecule has 1 aliphatic rings. The molecule has 0 aliphatic carbocycles. The average Bonchev–Trinajstić information content (AvgIpc) is 2.86. The Balaban J connectivity index is 2.20. The van der Waals surface area contributed by atoms with Crippen molar-refractivity contribution in [1.82, 2.24) is 10.5 Å². The van der Waals surface area contributed by atoms with Crippen LogP contribution in [0.3, 0.4) is 0 Å². The summed E-state index contributed by atoms with van der Waals surface area (Å²) in [5, 5.41) is 7.33. The quantitative estimate of drug-likeness (QED) is 0.874. The average molecular weight is 253 g/mol. The monoisotopic (exact) mass is 253 g/mol. The second-order valence-electron chi connectivity index (χ2n) is 4.15. The van der Waals surface area contributed by atoms with Crippen LogP contribution in [0.15, 0.2) is 9.52 Å². The Hall–Kier alpha value is -1.30. The SMILES string of the molecule is Cc1noc(C(C)C)c1C(=O)NC1=NCCS1. The van der Waals surface area contributed by atoms with E-state index in [1.165, 1.54) is 0 Å². The molecule has 1 aromatic heterocycles. The number of hydrogen-bond donors (Lipinski definition) is 1. The van der Waals surface area contributed by atoms with Gasteiger partial charge in [0.25, 0.3) is 5.91 Å². The number of hydrogen-bond acceptors (Lipinski definition) is 5. The van der Waals surface area contributed by atoms with Crippen molar-refractivity contribution in [3.05, 3.63) is 17.0 Å². The molecule has 6 heteroatoms. The second-order valence-corrected chi connectivity index (χ2v) is 5.24. The number of amides is 1. The van der Waals surface area contributed by atoms with Gasteiger partial charge in [-0.2, -0.15) is 0 Å². The summed E-state index contributed by atoms with van der Waals surface area (Å²) in [6, 6.07) is 0. The van der Waals surface area contributed by atoms with Gasteiger partial charge < -0.3 is 9.84 Å². The van der Waals surface area contributed by atoms with Crippen LogP contribution in [0.1, 0.15) is 41.6 Å². The van der Waals surface area contributed by atoms with E-state index >= 15 is 0 Å². The first-order valence-corrected chi connectivity index (χ1v) is 6.53. The van der Waals surface area contributed by atoms with Crippen molar-refractivity contribution in [3.63, 3.8) is 0 Å². The summed E-state index contributed by atoms with van der Waals surface area (Å²) in [6.07, 6.45) is 0. The van der Waals surface area contributed by atoms with Gasteiger partial charge in [-0.1, -0.05) is 30.8 Å². The first-order valence-electron chi connectivity index (χ1n) is 5.54. The molecule has 0 aromatic carbocycles. The molecule has 0 unspecified atom stereocenters. The highest BCUT2D eigenvalue weighted by Crippen LogP contribution is 2.22. The van der Waals surface area contributed by atoms with Crippen LogP contribution in [0.2, 0.25) is 0 Å². The van der Waals surface area contributed by atoms with E-state index in [4.69, 9.17) is 4.52 Å². The molecule has 0 saturated carbocycles. The van der Waals surface area contributed by atoms with Crippen molar-refractivity contribution >= 4 is 22.8 Å². The number of aliphatic imine (C=N–C) groups is 1. The molecule has 0 saturated heterocycles. The summed E-state index contributed by atoms with van der Waals surface area (Å²) in [5.74, 6) is 1.51. The predicted molar refractivity (Wildman–Crippen MR) is 67.6 cm³/mol. The lowest BCUT2D eigenvalue weighted by Gasteiger charge is -2.05. The molecular formula is C11H15N3O2S. The molecule has 92 valence electrons. The van der Waals surface area contributed by atoms with Crippen molar-refractivity contribution < 1.29 is 9.32 Å². The van der Waals surface area contributed by atoms with E-state index in [1.54, 1.807) is 18.7 Å². The van der Waals surface area contributed by atoms with E-state index < -0.39 is 0 Å². The number of aromatic nitrogens is 1. The second kappa shape index (κ2) is 4.91. The molecule has 1 aliphatic heterocycles. The minimum Gasteiger partial charge on any atom is -0.360 e. The van der Waals surface area contributed by atoms with Gasteiger partial charge in [-0.15, -0.1) is 0 Å². The maximum Gasteiger partial charge on any atom is 0.262 e. The summed E-state index contributed by atoms with van der Waals surface area (Å²) in [6.45, 7) is 6.48. The highest BCUT2D eigenvalue weighted by atomic mass is 32.2. The van der Waals surface area contributed by atoms with Crippen LogP contribution in [0.25, 0.3) is 0 Å². The highest BCUT2D eigenvalue weighted by Gasteiger charge is 2.23. The van der Waals surface area contributed by atoms with Crippen LogP contribution in [0, 0.1) is 6.92 Å². The molecule has 1 amide bonds. The first-order chi connectivity index (χ1) is 8.09. The summed E-state index contributed by atoms with van der Waals surface area (Å²) < 4.78 is 5.18. The number of amidine groups is 1. The molecule has 0 fully saturated rings. The zero-order chi connectivity index (χ0) is 12.4. The van der Waals surface area contributed by atoms with Crippen LogP contribution >= 0.6 is 11.8 Å². The van der Waals surface area contributed by atoms with Gasteiger partial charge in [0.15, 0.2) is 10.9 Å². The number of aryl methyl sites for hydroxylation is 1. The molecule has 0 bridgehead atoms. The number of carbonyl (C=O) groups is 1. The van der Waals surface area contributed by atoms with Gasteiger partial charge in [-0.3, -0.25) is 9.79 Å². The van der Waals surface area contributed by atoms with Crippen molar-refractivity contribution in [2.75, 3.05) is 12.3 Å². The van der Waals surface area contributed by atoms with Crippen molar-refractivity contribution in [2.24, 2.45) is 4.99 Å². The molecule has 2 rings (SSSR count). The Bertz CT molecular complexity index is 465. The number of nitrogens with zero attached hydrogens (tertiary/aromatic N) is 2. The van der Waals surface area contributed by atoms with Gasteiger partial charge in [0.2, 0.25) is 0 Å². The van der Waals surface area contributed by atoms with Gasteiger partial charge in [-0.05, 0) is 6.92 Å². The van der Waals surface area contributed by atoms with E-state index in [9.17, 15) is 4.79 Å². The van der Waals surface area contributed by atoms with E-state index in [0.29, 0.717) is 22.2 Å². The zero-order valence-electron chi connectivity index (χ0n) is 10.1. The molecule has 2 heterocycles. The van der Waals surface area contributed by atoms with E-state index in [-0.39, 0.29) is 11.8 Å². The minimum atomic E-state index is -0.180. The summed E-state index contributed by atoms with van der Waals surface area (Å²) in [7, 11) is 0. The maximum absolute atomic E-state index is 12.1. The lowest BCUT2D eigenvalue weighted by molar-refractivity contribution is 0.0975. The van der Waals surface area contributed by atoms with Gasteiger partial charge >= 0.3 is 0 Å². The van der Waals surface area contributed by atoms with Crippen LogP contribution in [0.5, 0.6) is 0 Å². The fourth-order valence-corrected chi connectivity index (χ4v) is 2.35. The predicted octanol–water partition coefficient (Wildman–Crippen LogP) is 1.94. The summed E-state index contributed by atoms with van der Waals surface area (Å²) in [4.78, 5) is 16.3. The van der Waals surface area contributed by atoms with Crippen molar-refractivity contribution in [3.8, 4) is 0 Å². The third kappa shape index (κ3) is 2.52.